The van der Waals surface area contributed by atoms with Crippen LogP contribution in [0.1, 0.15) is 43.4 Å². The Morgan fingerprint density at radius 1 is 1.06 bits per heavy atom. The Bertz CT molecular complexity index is 1010. The molecule has 1 saturated heterocycles. The monoisotopic (exact) mass is 445 g/mol. The van der Waals surface area contributed by atoms with Crippen LogP contribution in [-0.2, 0) is 27.3 Å². The van der Waals surface area contributed by atoms with Gasteiger partial charge in [0, 0.05) is 13.1 Å². The van der Waals surface area contributed by atoms with E-state index in [1.54, 1.807) is 24.3 Å². The van der Waals surface area contributed by atoms with Gasteiger partial charge in [-0.05, 0) is 60.8 Å². The quantitative estimate of drug-likeness (QED) is 0.616. The Kier molecular flexibility index (Phi) is 7.06. The van der Waals surface area contributed by atoms with Crippen molar-refractivity contribution in [3.05, 3.63) is 65.2 Å². The van der Waals surface area contributed by atoms with Crippen LogP contribution in [0.2, 0.25) is 0 Å². The first-order chi connectivity index (χ1) is 14.6. The summed E-state index contributed by atoms with van der Waals surface area (Å²) >= 11 is 0. The summed E-state index contributed by atoms with van der Waals surface area (Å²) in [5.41, 5.74) is 2.86. The van der Waals surface area contributed by atoms with Crippen LogP contribution >= 0.6 is 0 Å². The molecule has 0 radical (unpaired) electrons. The minimum Gasteiger partial charge on any atom is -0.465 e. The predicted octanol–water partition coefficient (Wildman–Crippen LogP) is 4.86. The van der Waals surface area contributed by atoms with Gasteiger partial charge in [-0.2, -0.15) is 8.42 Å². The molecule has 0 saturated carbocycles. The van der Waals surface area contributed by atoms with E-state index in [-0.39, 0.29) is 16.9 Å². The van der Waals surface area contributed by atoms with Crippen LogP contribution in [0.4, 0.5) is 4.79 Å². The summed E-state index contributed by atoms with van der Waals surface area (Å²) in [7, 11) is -3.83. The van der Waals surface area contributed by atoms with E-state index in [1.165, 1.54) is 4.90 Å². The van der Waals surface area contributed by atoms with Crippen LogP contribution in [0.3, 0.4) is 0 Å². The van der Waals surface area contributed by atoms with E-state index in [1.807, 2.05) is 31.2 Å². The molecule has 0 unspecified atom stereocenters. The van der Waals surface area contributed by atoms with Gasteiger partial charge in [-0.1, -0.05) is 55.8 Å². The largest absolute Gasteiger partial charge is 0.465 e. The fraction of sp³-hybridized carbons (Fsp3) is 0.458. The van der Waals surface area contributed by atoms with E-state index in [0.717, 1.165) is 36.0 Å². The zero-order chi connectivity index (χ0) is 22.6. The fourth-order valence-electron chi connectivity index (χ4n) is 4.27. The molecule has 168 valence electrons. The highest BCUT2D eigenvalue weighted by atomic mass is 32.2. The molecule has 2 aromatic carbocycles. The summed E-state index contributed by atoms with van der Waals surface area (Å²) in [6.45, 7) is 7.41. The second kappa shape index (κ2) is 9.40. The molecule has 1 amide bonds. The van der Waals surface area contributed by atoms with Crippen LogP contribution < -0.4 is 0 Å². The van der Waals surface area contributed by atoms with Gasteiger partial charge < -0.3 is 10.0 Å². The predicted molar refractivity (Wildman–Crippen MR) is 119 cm³/mol. The second-order valence-corrected chi connectivity index (χ2v) is 10.6. The van der Waals surface area contributed by atoms with E-state index in [2.05, 4.69) is 13.8 Å². The van der Waals surface area contributed by atoms with E-state index < -0.39 is 16.2 Å². The molecule has 0 aliphatic carbocycles. The van der Waals surface area contributed by atoms with Gasteiger partial charge in [0.05, 0.1) is 11.5 Å². The van der Waals surface area contributed by atoms with Crippen molar-refractivity contribution in [1.82, 2.24) is 4.90 Å². The first kappa shape index (κ1) is 23.3. The van der Waals surface area contributed by atoms with Crippen LogP contribution in [0, 0.1) is 18.3 Å². The Morgan fingerprint density at radius 2 is 1.65 bits per heavy atom. The smallest absolute Gasteiger partial charge is 0.407 e. The lowest BCUT2D eigenvalue weighted by molar-refractivity contribution is 0.0881. The third-order valence-corrected chi connectivity index (χ3v) is 7.59. The van der Waals surface area contributed by atoms with Crippen LogP contribution in [0.15, 0.2) is 53.4 Å². The SMILES string of the molecule is Cc1ccc(S(=O)(=O)OCc2ccccc2CC(C)(C)C2CCN(C(=O)O)CC2)cc1. The zero-order valence-corrected chi connectivity index (χ0v) is 19.2. The maximum atomic E-state index is 12.6. The number of nitrogens with zero attached hydrogens (tertiary/aromatic N) is 1. The number of amides is 1. The lowest BCUT2D eigenvalue weighted by atomic mass is 9.70. The third-order valence-electron chi connectivity index (χ3n) is 6.31. The number of piperidine rings is 1. The average molecular weight is 446 g/mol. The van der Waals surface area contributed by atoms with E-state index in [4.69, 9.17) is 4.18 Å². The van der Waals surface area contributed by atoms with Gasteiger partial charge in [0.1, 0.15) is 0 Å². The molecule has 1 aliphatic heterocycles. The number of rotatable bonds is 7. The lowest BCUT2D eigenvalue weighted by Gasteiger charge is -2.40. The van der Waals surface area contributed by atoms with Crippen LogP contribution in [-0.4, -0.2) is 37.6 Å². The van der Waals surface area contributed by atoms with Crippen LogP contribution in [0.25, 0.3) is 0 Å². The number of carboxylic acid groups (broad SMARTS) is 1. The number of aryl methyl sites for hydroxylation is 1. The molecular weight excluding hydrogens is 414 g/mol. The molecule has 0 aromatic heterocycles. The molecule has 1 aliphatic rings. The van der Waals surface area contributed by atoms with Crippen molar-refractivity contribution in [2.75, 3.05) is 13.1 Å². The molecule has 0 spiro atoms. The third kappa shape index (κ3) is 5.86. The lowest BCUT2D eigenvalue weighted by Crippen LogP contribution is -2.42. The maximum absolute atomic E-state index is 12.6. The van der Waals surface area contributed by atoms with Crippen molar-refractivity contribution < 1.29 is 22.5 Å². The summed E-state index contributed by atoms with van der Waals surface area (Å²) in [5.74, 6) is 0.397. The fourth-order valence-corrected chi connectivity index (χ4v) is 5.16. The molecular formula is C24H31NO5S. The van der Waals surface area contributed by atoms with Gasteiger partial charge in [-0.15, -0.1) is 0 Å². The van der Waals surface area contributed by atoms with Crippen molar-refractivity contribution >= 4 is 16.2 Å². The minimum atomic E-state index is -3.83. The molecule has 31 heavy (non-hydrogen) atoms. The molecule has 1 heterocycles. The number of benzene rings is 2. The summed E-state index contributed by atoms with van der Waals surface area (Å²) in [6.07, 6.45) is 1.59. The zero-order valence-electron chi connectivity index (χ0n) is 18.4. The molecule has 7 heteroatoms. The second-order valence-electron chi connectivity index (χ2n) is 9.01. The van der Waals surface area contributed by atoms with E-state index in [0.29, 0.717) is 19.0 Å². The molecule has 0 bridgehead atoms. The van der Waals surface area contributed by atoms with Gasteiger partial charge >= 0.3 is 6.09 Å². The number of hydrogen-bond acceptors (Lipinski definition) is 4. The Labute approximate surface area is 185 Å². The van der Waals surface area contributed by atoms with E-state index in [9.17, 15) is 18.3 Å². The van der Waals surface area contributed by atoms with Crippen molar-refractivity contribution in [2.45, 2.75) is 51.5 Å². The van der Waals surface area contributed by atoms with E-state index >= 15 is 0 Å². The summed E-state index contributed by atoms with van der Waals surface area (Å²) in [6, 6.07) is 14.4. The highest BCUT2D eigenvalue weighted by molar-refractivity contribution is 7.86. The van der Waals surface area contributed by atoms with Gasteiger partial charge in [-0.3, -0.25) is 4.18 Å². The standard InChI is InChI=1S/C24H31NO5S/c1-18-8-10-22(11-9-18)31(28,29)30-17-20-7-5-4-6-19(20)16-24(2,3)21-12-14-25(15-13-21)23(26)27/h4-11,21H,12-17H2,1-3H3,(H,26,27). The van der Waals surface area contributed by atoms with Gasteiger partial charge in [0.15, 0.2) is 0 Å². The first-order valence-electron chi connectivity index (χ1n) is 10.6. The topological polar surface area (TPSA) is 83.9 Å². The number of carbonyl (C=O) groups is 1. The highest BCUT2D eigenvalue weighted by Crippen LogP contribution is 2.38. The molecule has 6 nitrogen and oxygen atoms in total. The summed E-state index contributed by atoms with van der Waals surface area (Å²) < 4.78 is 30.5. The first-order valence-corrected chi connectivity index (χ1v) is 12.0. The highest BCUT2D eigenvalue weighted by Gasteiger charge is 2.34. The van der Waals surface area contributed by atoms with Crippen molar-refractivity contribution in [1.29, 1.82) is 0 Å². The Balaban J connectivity index is 1.69. The Morgan fingerprint density at radius 3 is 2.23 bits per heavy atom. The number of hydrogen-bond donors (Lipinski definition) is 1. The summed E-state index contributed by atoms with van der Waals surface area (Å²) in [5, 5.41) is 9.18. The average Bonchev–Trinajstić information content (AvgIpc) is 2.73. The van der Waals surface area contributed by atoms with Gasteiger partial charge in [-0.25, -0.2) is 4.79 Å². The molecule has 0 atom stereocenters. The van der Waals surface area contributed by atoms with Crippen molar-refractivity contribution in [3.8, 4) is 0 Å². The normalized spacial score (nSPS) is 15.8. The van der Waals surface area contributed by atoms with Gasteiger partial charge in [0.2, 0.25) is 0 Å². The minimum absolute atomic E-state index is 0.0140. The molecule has 1 N–H and O–H groups in total. The molecule has 2 aromatic rings. The van der Waals surface area contributed by atoms with Crippen molar-refractivity contribution in [2.24, 2.45) is 11.3 Å². The summed E-state index contributed by atoms with van der Waals surface area (Å²) in [4.78, 5) is 12.8. The molecule has 3 rings (SSSR count). The van der Waals surface area contributed by atoms with Gasteiger partial charge in [0.25, 0.3) is 10.1 Å². The van der Waals surface area contributed by atoms with Crippen LogP contribution in [0.5, 0.6) is 0 Å². The van der Waals surface area contributed by atoms with Crippen molar-refractivity contribution in [3.63, 3.8) is 0 Å². The Hall–Kier alpha value is -2.38. The molecule has 1 fully saturated rings. The maximum Gasteiger partial charge on any atom is 0.407 e. The number of likely N-dealkylation sites (tertiary alicyclic amines) is 1.